The summed E-state index contributed by atoms with van der Waals surface area (Å²) in [5, 5.41) is 2.15. The minimum atomic E-state index is 0.475. The summed E-state index contributed by atoms with van der Waals surface area (Å²) in [6.45, 7) is 8.76. The molecule has 0 aliphatic carbocycles. The SMILES string of the molecule is CC(C)c1ccnc(-c2cnc3oc4cc(C(C)C)ccc4c3c2)c1. The Morgan fingerprint density at radius 3 is 2.32 bits per heavy atom. The highest BCUT2D eigenvalue weighted by Gasteiger charge is 2.12. The predicted molar refractivity (Wildman–Crippen MR) is 103 cm³/mol. The normalized spacial score (nSPS) is 11.9. The molecule has 25 heavy (non-hydrogen) atoms. The summed E-state index contributed by atoms with van der Waals surface area (Å²) in [6, 6.07) is 12.8. The van der Waals surface area contributed by atoms with E-state index in [-0.39, 0.29) is 0 Å². The number of nitrogens with zero attached hydrogens (tertiary/aromatic N) is 2. The Morgan fingerprint density at radius 1 is 0.800 bits per heavy atom. The van der Waals surface area contributed by atoms with Crippen LogP contribution in [-0.2, 0) is 0 Å². The molecular formula is C22H22N2O. The fourth-order valence-electron chi connectivity index (χ4n) is 3.14. The summed E-state index contributed by atoms with van der Waals surface area (Å²) < 4.78 is 5.96. The van der Waals surface area contributed by atoms with Crippen molar-refractivity contribution < 1.29 is 4.42 Å². The van der Waals surface area contributed by atoms with E-state index in [9.17, 15) is 0 Å². The smallest absolute Gasteiger partial charge is 0.227 e. The largest absolute Gasteiger partial charge is 0.438 e. The maximum atomic E-state index is 5.96. The number of fused-ring (bicyclic) bond motifs is 3. The minimum absolute atomic E-state index is 0.475. The van der Waals surface area contributed by atoms with E-state index in [1.807, 2.05) is 12.4 Å². The van der Waals surface area contributed by atoms with Crippen molar-refractivity contribution in [1.29, 1.82) is 0 Å². The molecule has 0 bridgehead atoms. The Hall–Kier alpha value is -2.68. The molecule has 0 saturated heterocycles. The Kier molecular flexibility index (Phi) is 3.79. The van der Waals surface area contributed by atoms with Crippen LogP contribution in [0.4, 0.5) is 0 Å². The molecule has 3 heterocycles. The van der Waals surface area contributed by atoms with Crippen LogP contribution in [0.15, 0.2) is 53.2 Å². The Labute approximate surface area is 147 Å². The van der Waals surface area contributed by atoms with Gasteiger partial charge in [-0.05, 0) is 47.2 Å². The van der Waals surface area contributed by atoms with Gasteiger partial charge < -0.3 is 4.42 Å². The average molecular weight is 330 g/mol. The van der Waals surface area contributed by atoms with Crippen molar-refractivity contribution in [1.82, 2.24) is 9.97 Å². The zero-order valence-corrected chi connectivity index (χ0v) is 15.1. The Balaban J connectivity index is 1.87. The zero-order valence-electron chi connectivity index (χ0n) is 15.1. The van der Waals surface area contributed by atoms with Crippen LogP contribution in [0.25, 0.3) is 33.3 Å². The quantitative estimate of drug-likeness (QED) is 0.443. The van der Waals surface area contributed by atoms with Crippen molar-refractivity contribution in [2.75, 3.05) is 0 Å². The molecular weight excluding hydrogens is 308 g/mol. The molecule has 4 rings (SSSR count). The van der Waals surface area contributed by atoms with E-state index in [0.29, 0.717) is 17.5 Å². The molecule has 126 valence electrons. The summed E-state index contributed by atoms with van der Waals surface area (Å²) in [5.41, 5.74) is 6.11. The van der Waals surface area contributed by atoms with Crippen LogP contribution in [-0.4, -0.2) is 9.97 Å². The van der Waals surface area contributed by atoms with Gasteiger partial charge in [0.2, 0.25) is 5.71 Å². The minimum Gasteiger partial charge on any atom is -0.438 e. The summed E-state index contributed by atoms with van der Waals surface area (Å²) >= 11 is 0. The molecule has 0 aliphatic heterocycles. The molecule has 0 saturated carbocycles. The topological polar surface area (TPSA) is 38.9 Å². The first-order valence-corrected chi connectivity index (χ1v) is 8.81. The molecule has 0 unspecified atom stereocenters. The first-order valence-electron chi connectivity index (χ1n) is 8.81. The first kappa shape index (κ1) is 15.8. The van der Waals surface area contributed by atoms with E-state index in [0.717, 1.165) is 27.6 Å². The van der Waals surface area contributed by atoms with Crippen LogP contribution in [0.3, 0.4) is 0 Å². The fourth-order valence-corrected chi connectivity index (χ4v) is 3.14. The summed E-state index contributed by atoms with van der Waals surface area (Å²) in [5.74, 6) is 0.951. The van der Waals surface area contributed by atoms with Gasteiger partial charge in [-0.25, -0.2) is 4.98 Å². The van der Waals surface area contributed by atoms with Gasteiger partial charge in [0.25, 0.3) is 0 Å². The van der Waals surface area contributed by atoms with Crippen LogP contribution in [0.1, 0.15) is 50.7 Å². The highest BCUT2D eigenvalue weighted by Crippen LogP contribution is 2.32. The van der Waals surface area contributed by atoms with Crippen LogP contribution in [0, 0.1) is 0 Å². The average Bonchev–Trinajstić information content (AvgIpc) is 2.98. The lowest BCUT2D eigenvalue weighted by Crippen LogP contribution is -1.91. The molecule has 0 N–H and O–H groups in total. The molecule has 1 aromatic carbocycles. The third-order valence-corrected chi connectivity index (χ3v) is 4.77. The molecule has 0 atom stereocenters. The maximum absolute atomic E-state index is 5.96. The second kappa shape index (κ2) is 5.99. The van der Waals surface area contributed by atoms with Gasteiger partial charge in [-0.3, -0.25) is 4.98 Å². The van der Waals surface area contributed by atoms with Crippen molar-refractivity contribution in [2.45, 2.75) is 39.5 Å². The standard InChI is InChI=1S/C22H22N2O/c1-13(2)15-5-6-18-19-9-17(12-24-22(19)25-21(18)11-15)20-10-16(14(3)4)7-8-23-20/h5-14H,1-4H3. The van der Waals surface area contributed by atoms with Gasteiger partial charge in [0.05, 0.1) is 5.69 Å². The number of benzene rings is 1. The van der Waals surface area contributed by atoms with Gasteiger partial charge in [0, 0.05) is 28.7 Å². The summed E-state index contributed by atoms with van der Waals surface area (Å²) in [4.78, 5) is 9.07. The van der Waals surface area contributed by atoms with Gasteiger partial charge in [0.15, 0.2) is 0 Å². The van der Waals surface area contributed by atoms with Gasteiger partial charge in [-0.1, -0.05) is 39.8 Å². The number of hydrogen-bond donors (Lipinski definition) is 0. The second-order valence-electron chi connectivity index (χ2n) is 7.22. The third kappa shape index (κ3) is 2.80. The van der Waals surface area contributed by atoms with E-state index in [2.05, 4.69) is 74.1 Å². The Morgan fingerprint density at radius 2 is 1.56 bits per heavy atom. The molecule has 4 aromatic rings. The van der Waals surface area contributed by atoms with Crippen LogP contribution >= 0.6 is 0 Å². The van der Waals surface area contributed by atoms with Crippen molar-refractivity contribution in [3.05, 3.63) is 59.9 Å². The van der Waals surface area contributed by atoms with Crippen molar-refractivity contribution in [3.8, 4) is 11.3 Å². The lowest BCUT2D eigenvalue weighted by Gasteiger charge is -2.07. The lowest BCUT2D eigenvalue weighted by molar-refractivity contribution is 0.652. The van der Waals surface area contributed by atoms with E-state index in [4.69, 9.17) is 4.42 Å². The molecule has 3 aromatic heterocycles. The van der Waals surface area contributed by atoms with E-state index in [1.54, 1.807) is 0 Å². The fraction of sp³-hybridized carbons (Fsp3) is 0.273. The van der Waals surface area contributed by atoms with E-state index < -0.39 is 0 Å². The van der Waals surface area contributed by atoms with E-state index in [1.165, 1.54) is 11.1 Å². The lowest BCUT2D eigenvalue weighted by atomic mass is 10.0. The van der Waals surface area contributed by atoms with Crippen LogP contribution in [0.5, 0.6) is 0 Å². The van der Waals surface area contributed by atoms with Gasteiger partial charge in [-0.2, -0.15) is 0 Å². The zero-order chi connectivity index (χ0) is 17.6. The summed E-state index contributed by atoms with van der Waals surface area (Å²) in [7, 11) is 0. The van der Waals surface area contributed by atoms with E-state index >= 15 is 0 Å². The molecule has 3 nitrogen and oxygen atoms in total. The number of furan rings is 1. The van der Waals surface area contributed by atoms with Crippen molar-refractivity contribution in [3.63, 3.8) is 0 Å². The van der Waals surface area contributed by atoms with Crippen LogP contribution in [0.2, 0.25) is 0 Å². The Bertz CT molecular complexity index is 1060. The molecule has 3 heteroatoms. The molecule has 0 spiro atoms. The van der Waals surface area contributed by atoms with Crippen molar-refractivity contribution in [2.24, 2.45) is 0 Å². The maximum Gasteiger partial charge on any atom is 0.227 e. The second-order valence-corrected chi connectivity index (χ2v) is 7.22. The van der Waals surface area contributed by atoms with Crippen LogP contribution < -0.4 is 0 Å². The number of hydrogen-bond acceptors (Lipinski definition) is 3. The number of pyridine rings is 2. The number of rotatable bonds is 3. The molecule has 0 radical (unpaired) electrons. The highest BCUT2D eigenvalue weighted by atomic mass is 16.3. The highest BCUT2D eigenvalue weighted by molar-refractivity contribution is 6.04. The monoisotopic (exact) mass is 330 g/mol. The number of aromatic nitrogens is 2. The summed E-state index contributed by atoms with van der Waals surface area (Å²) in [6.07, 6.45) is 3.72. The molecule has 0 amide bonds. The van der Waals surface area contributed by atoms with Gasteiger partial charge >= 0.3 is 0 Å². The predicted octanol–water partition coefficient (Wildman–Crippen LogP) is 6.29. The van der Waals surface area contributed by atoms with Crippen molar-refractivity contribution >= 4 is 22.1 Å². The molecule has 0 aliphatic rings. The third-order valence-electron chi connectivity index (χ3n) is 4.77. The van der Waals surface area contributed by atoms with Gasteiger partial charge in [0.1, 0.15) is 5.58 Å². The van der Waals surface area contributed by atoms with Gasteiger partial charge in [-0.15, -0.1) is 0 Å². The molecule has 0 fully saturated rings. The first-order chi connectivity index (χ1) is 12.0.